The predicted molar refractivity (Wildman–Crippen MR) is 171 cm³/mol. The smallest absolute Gasteiger partial charge is 0.238 e. The molecule has 0 unspecified atom stereocenters. The van der Waals surface area contributed by atoms with Crippen LogP contribution in [0.1, 0.15) is 77.2 Å². The summed E-state index contributed by atoms with van der Waals surface area (Å²) in [6.07, 6.45) is 10.7. The van der Waals surface area contributed by atoms with Gasteiger partial charge < -0.3 is 30.2 Å². The molecule has 4 aliphatic heterocycles. The van der Waals surface area contributed by atoms with E-state index in [4.69, 9.17) is 4.98 Å². The van der Waals surface area contributed by atoms with Gasteiger partial charge in [-0.2, -0.15) is 0 Å². The van der Waals surface area contributed by atoms with Crippen LogP contribution in [-0.2, 0) is 15.0 Å². The Bertz CT molecular complexity index is 1420. The minimum atomic E-state index is -0.535. The largest absolute Gasteiger partial charge is 0.366 e. The van der Waals surface area contributed by atoms with Crippen molar-refractivity contribution >= 4 is 35.2 Å². The molecule has 1 aromatic heterocycles. The number of nitrogens with one attached hydrogen (secondary N) is 2. The molecule has 1 aromatic carbocycles. The summed E-state index contributed by atoms with van der Waals surface area (Å²) >= 11 is 0. The van der Waals surface area contributed by atoms with Crippen LogP contribution in [0.3, 0.4) is 0 Å². The lowest BCUT2D eigenvalue weighted by Gasteiger charge is -2.48. The number of hydrogen-bond donors (Lipinski definition) is 2. The fraction of sp³-hybridized carbons (Fsp3) is 0.618. The number of carbonyl (C=O) groups excluding carboxylic acids is 2. The Morgan fingerprint density at radius 2 is 1.79 bits per heavy atom. The maximum absolute atomic E-state index is 14.5. The van der Waals surface area contributed by atoms with E-state index in [0.717, 1.165) is 59.9 Å². The van der Waals surface area contributed by atoms with Gasteiger partial charge in [0.05, 0.1) is 23.5 Å². The molecule has 228 valence electrons. The molecule has 0 atom stereocenters. The second-order valence-electron chi connectivity index (χ2n) is 14.1. The van der Waals surface area contributed by atoms with Gasteiger partial charge >= 0.3 is 0 Å². The predicted octanol–water partition coefficient (Wildman–Crippen LogP) is 4.77. The summed E-state index contributed by atoms with van der Waals surface area (Å²) in [5, 5.41) is 7.33. The summed E-state index contributed by atoms with van der Waals surface area (Å²) in [4.78, 5) is 40.3. The van der Waals surface area contributed by atoms with E-state index in [2.05, 4.69) is 63.4 Å². The van der Waals surface area contributed by atoms with Gasteiger partial charge in [0, 0.05) is 48.5 Å². The number of anilines is 4. The fourth-order valence-corrected chi connectivity index (χ4v) is 8.28. The van der Waals surface area contributed by atoms with E-state index in [1.54, 1.807) is 0 Å². The van der Waals surface area contributed by atoms with Gasteiger partial charge in [0.15, 0.2) is 5.82 Å². The van der Waals surface area contributed by atoms with Crippen LogP contribution >= 0.6 is 0 Å². The van der Waals surface area contributed by atoms with Gasteiger partial charge in [-0.1, -0.05) is 18.6 Å². The Labute approximate surface area is 255 Å². The van der Waals surface area contributed by atoms with Crippen molar-refractivity contribution in [3.63, 3.8) is 0 Å². The van der Waals surface area contributed by atoms with Gasteiger partial charge in [-0.25, -0.2) is 4.98 Å². The number of rotatable bonds is 7. The van der Waals surface area contributed by atoms with E-state index in [-0.39, 0.29) is 11.9 Å². The molecule has 5 heterocycles. The summed E-state index contributed by atoms with van der Waals surface area (Å²) in [7, 11) is 0. The zero-order valence-corrected chi connectivity index (χ0v) is 25.6. The summed E-state index contributed by atoms with van der Waals surface area (Å²) in [5.41, 5.74) is 5.96. The first-order valence-electron chi connectivity index (χ1n) is 16.7. The normalized spacial score (nSPS) is 26.4. The van der Waals surface area contributed by atoms with E-state index in [9.17, 15) is 9.59 Å². The molecule has 2 saturated carbocycles. The molecule has 0 radical (unpaired) electrons. The van der Waals surface area contributed by atoms with Crippen LogP contribution in [0.15, 0.2) is 24.3 Å². The Kier molecular flexibility index (Phi) is 6.58. The van der Waals surface area contributed by atoms with Gasteiger partial charge in [0.2, 0.25) is 12.3 Å². The minimum Gasteiger partial charge on any atom is -0.366 e. The van der Waals surface area contributed by atoms with Crippen LogP contribution in [0.4, 0.5) is 22.9 Å². The highest BCUT2D eigenvalue weighted by Gasteiger charge is 2.55. The molecular weight excluding hydrogens is 538 g/mol. The number of nitrogens with zero attached hydrogens (tertiary/aromatic N) is 5. The van der Waals surface area contributed by atoms with Gasteiger partial charge in [-0.05, 0) is 96.0 Å². The third kappa shape index (κ3) is 4.49. The summed E-state index contributed by atoms with van der Waals surface area (Å²) in [6, 6.07) is 10.5. The minimum absolute atomic E-state index is 0.234. The number of hydrogen-bond acceptors (Lipinski definition) is 7. The number of amides is 2. The van der Waals surface area contributed by atoms with E-state index < -0.39 is 5.41 Å². The molecule has 2 aromatic rings. The highest BCUT2D eigenvalue weighted by molar-refractivity contribution is 6.09. The topological polar surface area (TPSA) is 84.1 Å². The molecule has 9 nitrogen and oxygen atoms in total. The first-order valence-corrected chi connectivity index (χ1v) is 16.7. The molecule has 4 fully saturated rings. The molecule has 2 aliphatic carbocycles. The molecule has 2 N–H and O–H groups in total. The standard InChI is InChI=1S/C34H45N7O2/c1-22(2)40-20-35-29-19-28(37-32(31(29)40)36-24-7-8-24)23-6-9-27-30(16-23)41(26-17-25(18-26)39-12-4-3-5-13-39)33(43)34(27)10-14-38(21-42)15-11-34/h6,9,16,19,21-22,24-26,35H,3-5,7-8,10-15,17-18,20H2,1-2H3,(H,36,37). The third-order valence-corrected chi connectivity index (χ3v) is 11.1. The lowest BCUT2D eigenvalue weighted by Crippen LogP contribution is -2.58. The molecule has 9 heteroatoms. The van der Waals surface area contributed by atoms with E-state index in [1.807, 2.05) is 4.90 Å². The van der Waals surface area contributed by atoms with Crippen molar-refractivity contribution in [3.8, 4) is 11.3 Å². The molecule has 6 aliphatic rings. The van der Waals surface area contributed by atoms with Crippen molar-refractivity contribution in [3.05, 3.63) is 29.8 Å². The van der Waals surface area contributed by atoms with Crippen molar-refractivity contribution < 1.29 is 9.59 Å². The number of piperidine rings is 2. The molecule has 2 amide bonds. The molecular formula is C34H45N7O2. The zero-order chi connectivity index (χ0) is 29.3. The van der Waals surface area contributed by atoms with Gasteiger partial charge in [-0.3, -0.25) is 9.59 Å². The van der Waals surface area contributed by atoms with Crippen LogP contribution in [-0.4, -0.2) is 84.1 Å². The van der Waals surface area contributed by atoms with Crippen molar-refractivity contribution in [2.75, 3.05) is 53.3 Å². The highest BCUT2D eigenvalue weighted by atomic mass is 16.2. The van der Waals surface area contributed by atoms with Crippen LogP contribution in [0.25, 0.3) is 11.3 Å². The average molecular weight is 584 g/mol. The van der Waals surface area contributed by atoms with Crippen molar-refractivity contribution in [2.24, 2.45) is 0 Å². The van der Waals surface area contributed by atoms with Crippen molar-refractivity contribution in [1.29, 1.82) is 0 Å². The monoisotopic (exact) mass is 583 g/mol. The Morgan fingerprint density at radius 1 is 1.02 bits per heavy atom. The van der Waals surface area contributed by atoms with Gasteiger partial charge in [-0.15, -0.1) is 0 Å². The van der Waals surface area contributed by atoms with Crippen LogP contribution in [0.5, 0.6) is 0 Å². The highest BCUT2D eigenvalue weighted by Crippen LogP contribution is 2.52. The van der Waals surface area contributed by atoms with Crippen LogP contribution < -0.4 is 20.4 Å². The third-order valence-electron chi connectivity index (χ3n) is 11.1. The maximum Gasteiger partial charge on any atom is 0.238 e. The van der Waals surface area contributed by atoms with E-state index in [1.165, 1.54) is 50.9 Å². The number of likely N-dealkylation sites (tertiary alicyclic amines) is 2. The second-order valence-corrected chi connectivity index (χ2v) is 14.1. The number of pyridine rings is 1. The van der Waals surface area contributed by atoms with Crippen LogP contribution in [0, 0.1) is 0 Å². The first kappa shape index (κ1) is 27.2. The summed E-state index contributed by atoms with van der Waals surface area (Å²) in [5.74, 6) is 1.21. The Balaban J connectivity index is 1.16. The first-order chi connectivity index (χ1) is 20.9. The molecule has 2 saturated heterocycles. The number of carbonyl (C=O) groups is 2. The lowest BCUT2D eigenvalue weighted by atomic mass is 9.73. The van der Waals surface area contributed by atoms with Crippen molar-refractivity contribution in [1.82, 2.24) is 14.8 Å². The molecule has 43 heavy (non-hydrogen) atoms. The van der Waals surface area contributed by atoms with E-state index in [0.29, 0.717) is 44.1 Å². The summed E-state index contributed by atoms with van der Waals surface area (Å²) < 4.78 is 0. The second kappa shape index (κ2) is 10.4. The quantitative estimate of drug-likeness (QED) is 0.454. The Morgan fingerprint density at radius 3 is 2.49 bits per heavy atom. The van der Waals surface area contributed by atoms with Gasteiger partial charge in [0.1, 0.15) is 5.69 Å². The molecule has 8 rings (SSSR count). The summed E-state index contributed by atoms with van der Waals surface area (Å²) in [6.45, 7) is 8.89. The number of aromatic nitrogens is 1. The van der Waals surface area contributed by atoms with E-state index >= 15 is 0 Å². The van der Waals surface area contributed by atoms with Crippen LogP contribution in [0.2, 0.25) is 0 Å². The van der Waals surface area contributed by atoms with Crippen molar-refractivity contribution in [2.45, 2.75) is 101 Å². The zero-order valence-electron chi connectivity index (χ0n) is 25.6. The lowest BCUT2D eigenvalue weighted by molar-refractivity contribution is -0.128. The molecule has 1 spiro atoms. The molecule has 0 bridgehead atoms. The van der Waals surface area contributed by atoms with Gasteiger partial charge in [0.25, 0.3) is 0 Å². The fourth-order valence-electron chi connectivity index (χ4n) is 8.28. The maximum atomic E-state index is 14.5. The Hall–Kier alpha value is -3.33. The number of fused-ring (bicyclic) bond motifs is 3. The average Bonchev–Trinajstić information content (AvgIpc) is 3.67. The number of benzene rings is 1. The SMILES string of the molecule is CC(C)N1CNc2cc(-c3ccc4c(c3)N(C3CC(N5CCCCC5)C3)C(=O)C43CCN(C=O)CC3)nc(NC3CC3)c21.